The van der Waals surface area contributed by atoms with Gasteiger partial charge in [0, 0.05) is 25.0 Å². The van der Waals surface area contributed by atoms with Crippen LogP contribution in [0.15, 0.2) is 54.6 Å². The van der Waals surface area contributed by atoms with Crippen molar-refractivity contribution in [3.8, 4) is 0 Å². The van der Waals surface area contributed by atoms with E-state index in [9.17, 15) is 9.59 Å². The first-order chi connectivity index (χ1) is 20.3. The lowest BCUT2D eigenvalue weighted by atomic mass is 9.73. The first-order valence-electron chi connectivity index (χ1n) is 16.2. The fraction of sp³-hybridized carbons (Fsp3) is 0.526. The summed E-state index contributed by atoms with van der Waals surface area (Å²) in [6.07, 6.45) is 19.0. The number of benzene rings is 2. The van der Waals surface area contributed by atoms with E-state index < -0.39 is 0 Å². The second-order valence-electron chi connectivity index (χ2n) is 13.2. The zero-order valence-electron chi connectivity index (χ0n) is 26.0. The molecule has 2 aromatic carbocycles. The molecule has 0 saturated heterocycles. The quantitative estimate of drug-likeness (QED) is 0.329. The largest absolute Gasteiger partial charge is 0.459 e. The Morgan fingerprint density at radius 2 is 1.50 bits per heavy atom. The summed E-state index contributed by atoms with van der Waals surface area (Å²) in [5, 5.41) is 0. The van der Waals surface area contributed by atoms with E-state index in [-0.39, 0.29) is 24.1 Å². The maximum Gasteiger partial charge on any atom is 0.330 e. The van der Waals surface area contributed by atoms with E-state index in [1.165, 1.54) is 77.6 Å². The van der Waals surface area contributed by atoms with Gasteiger partial charge in [0.05, 0.1) is 0 Å². The van der Waals surface area contributed by atoms with Gasteiger partial charge in [-0.2, -0.15) is 0 Å². The van der Waals surface area contributed by atoms with Gasteiger partial charge in [-0.05, 0) is 123 Å². The number of carbonyl (C=O) groups is 2. The van der Waals surface area contributed by atoms with Gasteiger partial charge in [-0.3, -0.25) is 0 Å². The molecule has 0 N–H and O–H groups in total. The summed E-state index contributed by atoms with van der Waals surface area (Å²) >= 11 is 0. The van der Waals surface area contributed by atoms with Crippen molar-refractivity contribution in [1.82, 2.24) is 0 Å². The van der Waals surface area contributed by atoms with Crippen LogP contribution in [0.4, 0.5) is 0 Å². The zero-order valence-corrected chi connectivity index (χ0v) is 26.0. The Kier molecular flexibility index (Phi) is 10.0. The van der Waals surface area contributed by atoms with Gasteiger partial charge < -0.3 is 9.47 Å². The molecule has 0 fully saturated rings. The molecule has 224 valence electrons. The molecule has 0 amide bonds. The molecule has 4 nitrogen and oxygen atoms in total. The third-order valence-electron chi connectivity index (χ3n) is 9.86. The van der Waals surface area contributed by atoms with Gasteiger partial charge in [0.1, 0.15) is 12.2 Å². The second-order valence-corrected chi connectivity index (χ2v) is 13.2. The van der Waals surface area contributed by atoms with Gasteiger partial charge in [-0.25, -0.2) is 9.59 Å². The van der Waals surface area contributed by atoms with E-state index in [2.05, 4.69) is 58.0 Å². The minimum atomic E-state index is -0.188. The Morgan fingerprint density at radius 3 is 2.21 bits per heavy atom. The van der Waals surface area contributed by atoms with Crippen molar-refractivity contribution in [2.75, 3.05) is 0 Å². The van der Waals surface area contributed by atoms with Crippen molar-refractivity contribution in [2.45, 2.75) is 116 Å². The van der Waals surface area contributed by atoms with E-state index in [0.717, 1.165) is 50.4 Å². The molecule has 2 aliphatic heterocycles. The number of aryl methyl sites for hydroxylation is 3. The van der Waals surface area contributed by atoms with Gasteiger partial charge in [0.2, 0.25) is 0 Å². The number of hydrogen-bond acceptors (Lipinski definition) is 4. The number of ether oxygens (including phenoxy) is 2. The number of rotatable bonds is 6. The summed E-state index contributed by atoms with van der Waals surface area (Å²) in [6.45, 7) is 9.08. The van der Waals surface area contributed by atoms with Crippen LogP contribution in [0.2, 0.25) is 0 Å². The van der Waals surface area contributed by atoms with Crippen LogP contribution in [-0.4, -0.2) is 24.1 Å². The van der Waals surface area contributed by atoms with Crippen LogP contribution in [-0.2, 0) is 44.7 Å². The summed E-state index contributed by atoms with van der Waals surface area (Å²) in [5.74, 6) is 1.76. The first-order valence-corrected chi connectivity index (χ1v) is 16.2. The van der Waals surface area contributed by atoms with Crippen LogP contribution in [0, 0.1) is 25.7 Å². The van der Waals surface area contributed by atoms with Crippen molar-refractivity contribution >= 4 is 11.9 Å². The molecule has 0 aromatic heterocycles. The van der Waals surface area contributed by atoms with E-state index in [1.54, 1.807) is 5.56 Å². The average molecular weight is 569 g/mol. The molecular formula is C38H48O4. The number of fused-ring (bicyclic) bond motifs is 2. The maximum absolute atomic E-state index is 11.3. The van der Waals surface area contributed by atoms with E-state index in [1.807, 2.05) is 12.2 Å². The molecule has 0 bridgehead atoms. The number of carbonyl (C=O) groups excluding carboxylic acids is 2. The third kappa shape index (κ3) is 7.62. The topological polar surface area (TPSA) is 52.6 Å². The number of hydrogen-bond donors (Lipinski definition) is 0. The SMILES string of the molecule is Cc1ccc2c(c1)CC[C@H](C)[C@@H]2CC[C@@H]1CC=CC(=O)O1.Cc1ccc2c(c1CC[C@@H]1CC=CC(=O)O1)CC[C@@H](C)C2. The van der Waals surface area contributed by atoms with Crippen LogP contribution in [0.1, 0.15) is 104 Å². The van der Waals surface area contributed by atoms with Gasteiger partial charge >= 0.3 is 11.9 Å². The molecule has 5 atom stereocenters. The van der Waals surface area contributed by atoms with Gasteiger partial charge in [-0.15, -0.1) is 0 Å². The van der Waals surface area contributed by atoms with Crippen LogP contribution in [0.25, 0.3) is 0 Å². The molecule has 4 heteroatoms. The second kappa shape index (κ2) is 13.9. The van der Waals surface area contributed by atoms with Gasteiger partial charge in [0.25, 0.3) is 0 Å². The standard InChI is InChI=1S/2C19H24O2/c2*1-13-6-10-18-15(12-13)8-7-14(2)17(18)11-9-16-4-3-5-19(20)21-16/h3,5,7-8,13,16H,4,6,9-12H2,1-2H3;3,5-6,10,12,14,16-17H,4,7-9,11H2,1-2H3/t13-,16+;14-,16-,17-/m10/s1. The molecule has 2 aromatic rings. The predicted molar refractivity (Wildman–Crippen MR) is 169 cm³/mol. The highest BCUT2D eigenvalue weighted by molar-refractivity contribution is 5.83. The van der Waals surface area contributed by atoms with Crippen LogP contribution in [0.5, 0.6) is 0 Å². The summed E-state index contributed by atoms with van der Waals surface area (Å²) in [4.78, 5) is 22.6. The smallest absolute Gasteiger partial charge is 0.330 e. The third-order valence-corrected chi connectivity index (χ3v) is 9.86. The summed E-state index contributed by atoms with van der Waals surface area (Å²) in [5.41, 5.74) is 10.4. The normalized spacial score (nSPS) is 26.3. The highest BCUT2D eigenvalue weighted by Gasteiger charge is 2.28. The van der Waals surface area contributed by atoms with Crippen molar-refractivity contribution in [1.29, 1.82) is 0 Å². The van der Waals surface area contributed by atoms with Gasteiger partial charge in [0.15, 0.2) is 0 Å². The lowest BCUT2D eigenvalue weighted by Crippen LogP contribution is -2.23. The van der Waals surface area contributed by atoms with E-state index in [0.29, 0.717) is 5.92 Å². The highest BCUT2D eigenvalue weighted by Crippen LogP contribution is 2.40. The van der Waals surface area contributed by atoms with Crippen LogP contribution in [0.3, 0.4) is 0 Å². The molecule has 4 aliphatic rings. The lowest BCUT2D eigenvalue weighted by molar-refractivity contribution is -0.145. The Bertz CT molecular complexity index is 1330. The molecule has 0 spiro atoms. The first kappa shape index (κ1) is 30.3. The zero-order chi connectivity index (χ0) is 29.6. The van der Waals surface area contributed by atoms with Crippen molar-refractivity contribution in [3.63, 3.8) is 0 Å². The average Bonchev–Trinajstić information content (AvgIpc) is 2.97. The number of cyclic esters (lactones) is 2. The van der Waals surface area contributed by atoms with Crippen molar-refractivity contribution < 1.29 is 19.1 Å². The Morgan fingerprint density at radius 1 is 0.786 bits per heavy atom. The minimum Gasteiger partial charge on any atom is -0.459 e. The maximum atomic E-state index is 11.3. The van der Waals surface area contributed by atoms with Crippen molar-refractivity contribution in [3.05, 3.63) is 93.6 Å². The molecule has 0 radical (unpaired) electrons. The molecule has 0 saturated carbocycles. The molecule has 2 aliphatic carbocycles. The fourth-order valence-electron chi connectivity index (χ4n) is 7.38. The van der Waals surface area contributed by atoms with Crippen molar-refractivity contribution in [2.24, 2.45) is 11.8 Å². The molecule has 42 heavy (non-hydrogen) atoms. The Balaban J connectivity index is 0.000000168. The summed E-state index contributed by atoms with van der Waals surface area (Å²) < 4.78 is 10.8. The van der Waals surface area contributed by atoms with E-state index in [4.69, 9.17) is 9.47 Å². The highest BCUT2D eigenvalue weighted by atomic mass is 16.5. The monoisotopic (exact) mass is 568 g/mol. The summed E-state index contributed by atoms with van der Waals surface area (Å²) in [7, 11) is 0. The Labute approximate surface area is 252 Å². The van der Waals surface area contributed by atoms with E-state index >= 15 is 0 Å². The van der Waals surface area contributed by atoms with Gasteiger partial charge in [-0.1, -0.05) is 61.9 Å². The molecule has 0 unspecified atom stereocenters. The minimum absolute atomic E-state index is 0.0558. The Hall–Kier alpha value is -3.14. The lowest BCUT2D eigenvalue weighted by Gasteiger charge is -2.33. The predicted octanol–water partition coefficient (Wildman–Crippen LogP) is 8.24. The summed E-state index contributed by atoms with van der Waals surface area (Å²) in [6, 6.07) is 11.5. The number of esters is 2. The molecule has 6 rings (SSSR count). The molecule has 2 heterocycles. The van der Waals surface area contributed by atoms with Crippen LogP contribution < -0.4 is 0 Å². The molecular weight excluding hydrogens is 520 g/mol. The fourth-order valence-corrected chi connectivity index (χ4v) is 7.38. The van der Waals surface area contributed by atoms with Crippen LogP contribution >= 0.6 is 0 Å².